The van der Waals surface area contributed by atoms with E-state index in [9.17, 15) is 0 Å². The van der Waals surface area contributed by atoms with Gasteiger partial charge >= 0.3 is 0 Å². The molecular formula is C28H25NS. The van der Waals surface area contributed by atoms with Crippen molar-refractivity contribution >= 4 is 23.2 Å². The second kappa shape index (κ2) is 8.12. The van der Waals surface area contributed by atoms with E-state index in [0.717, 1.165) is 11.4 Å². The number of rotatable bonds is 4. The van der Waals surface area contributed by atoms with Crippen LogP contribution in [0, 0.1) is 5.92 Å². The van der Waals surface area contributed by atoms with Crippen LogP contribution < -0.4 is 0 Å². The summed E-state index contributed by atoms with van der Waals surface area (Å²) in [5, 5.41) is 0. The van der Waals surface area contributed by atoms with Crippen LogP contribution in [-0.4, -0.2) is 5.71 Å². The van der Waals surface area contributed by atoms with Crippen molar-refractivity contribution in [1.82, 2.24) is 0 Å². The average Bonchev–Trinajstić information content (AvgIpc) is 2.82. The Bertz CT molecular complexity index is 1140. The average molecular weight is 408 g/mol. The van der Waals surface area contributed by atoms with Crippen molar-refractivity contribution in [2.75, 3.05) is 0 Å². The molecule has 0 bridgehead atoms. The van der Waals surface area contributed by atoms with Crippen LogP contribution in [0.4, 0.5) is 5.69 Å². The first kappa shape index (κ1) is 19.1. The highest BCUT2D eigenvalue weighted by Crippen LogP contribution is 2.47. The maximum atomic E-state index is 5.12. The molecule has 0 aromatic heterocycles. The molecule has 0 spiro atoms. The van der Waals surface area contributed by atoms with E-state index in [4.69, 9.17) is 4.99 Å². The van der Waals surface area contributed by atoms with Gasteiger partial charge in [0.1, 0.15) is 0 Å². The third-order valence-electron chi connectivity index (χ3n) is 6.21. The topological polar surface area (TPSA) is 12.4 Å². The maximum Gasteiger partial charge on any atom is 0.0808 e. The number of fused-ring (bicyclic) bond motifs is 2. The lowest BCUT2D eigenvalue weighted by Crippen LogP contribution is -2.21. The molecule has 0 radical (unpaired) electrons. The van der Waals surface area contributed by atoms with Crippen LogP contribution in [0.2, 0.25) is 0 Å². The fourth-order valence-corrected chi connectivity index (χ4v) is 5.43. The SMILES string of the molecule is CC(C1=CC(C(C)c2ccccc2)C=C2Sc3ccccc3N=C21)c1ccccc1. The van der Waals surface area contributed by atoms with Crippen LogP contribution in [0.15, 0.2) is 117 Å². The molecule has 1 nitrogen and oxygen atoms in total. The maximum absolute atomic E-state index is 5.12. The van der Waals surface area contributed by atoms with Gasteiger partial charge < -0.3 is 0 Å². The Balaban J connectivity index is 1.61. The summed E-state index contributed by atoms with van der Waals surface area (Å²) in [6.07, 6.45) is 4.89. The van der Waals surface area contributed by atoms with Crippen molar-refractivity contribution in [1.29, 1.82) is 0 Å². The van der Waals surface area contributed by atoms with Gasteiger partial charge in [-0.05, 0) is 34.8 Å². The number of para-hydroxylation sites is 1. The summed E-state index contributed by atoms with van der Waals surface area (Å²) in [4.78, 5) is 7.66. The second-order valence-corrected chi connectivity index (χ2v) is 9.18. The molecule has 0 amide bonds. The fraction of sp³-hybridized carbons (Fsp3) is 0.179. The monoisotopic (exact) mass is 407 g/mol. The Hall–Kier alpha value is -2.84. The van der Waals surface area contributed by atoms with Crippen molar-refractivity contribution in [3.05, 3.63) is 119 Å². The largest absolute Gasteiger partial charge is 0.246 e. The first-order valence-corrected chi connectivity index (χ1v) is 11.4. The van der Waals surface area contributed by atoms with Gasteiger partial charge in [-0.1, -0.05) is 111 Å². The lowest BCUT2D eigenvalue weighted by Gasteiger charge is -2.31. The van der Waals surface area contributed by atoms with E-state index in [1.807, 2.05) is 11.8 Å². The Morgan fingerprint density at radius 2 is 1.37 bits per heavy atom. The number of allylic oxidation sites excluding steroid dienone is 4. The van der Waals surface area contributed by atoms with Crippen molar-refractivity contribution in [2.45, 2.75) is 30.6 Å². The molecule has 2 heteroatoms. The lowest BCUT2D eigenvalue weighted by atomic mass is 9.78. The van der Waals surface area contributed by atoms with Crippen molar-refractivity contribution in [3.63, 3.8) is 0 Å². The Kier molecular flexibility index (Phi) is 5.18. The highest BCUT2D eigenvalue weighted by Gasteiger charge is 2.31. The van der Waals surface area contributed by atoms with E-state index >= 15 is 0 Å². The minimum absolute atomic E-state index is 0.296. The molecule has 2 aliphatic rings. The molecule has 0 fully saturated rings. The molecule has 148 valence electrons. The summed E-state index contributed by atoms with van der Waals surface area (Å²) >= 11 is 1.86. The first-order valence-electron chi connectivity index (χ1n) is 10.6. The highest BCUT2D eigenvalue weighted by atomic mass is 32.2. The Morgan fingerprint density at radius 3 is 2.10 bits per heavy atom. The molecule has 3 atom stereocenters. The number of hydrogen-bond donors (Lipinski definition) is 0. The van der Waals surface area contributed by atoms with E-state index in [1.165, 1.54) is 26.5 Å². The van der Waals surface area contributed by atoms with Gasteiger partial charge in [-0.25, -0.2) is 4.99 Å². The van der Waals surface area contributed by atoms with E-state index in [1.54, 1.807) is 0 Å². The summed E-state index contributed by atoms with van der Waals surface area (Å²) < 4.78 is 0. The van der Waals surface area contributed by atoms with Crippen LogP contribution in [0.3, 0.4) is 0 Å². The minimum Gasteiger partial charge on any atom is -0.246 e. The number of nitrogens with zero attached hydrogens (tertiary/aromatic N) is 1. The van der Waals surface area contributed by atoms with Crippen LogP contribution in [0.5, 0.6) is 0 Å². The normalized spacial score (nSPS) is 19.5. The van der Waals surface area contributed by atoms with Crippen LogP contribution in [0.25, 0.3) is 0 Å². The molecule has 3 aromatic carbocycles. The number of hydrogen-bond acceptors (Lipinski definition) is 2. The highest BCUT2D eigenvalue weighted by molar-refractivity contribution is 8.04. The zero-order chi connectivity index (χ0) is 20.5. The summed E-state index contributed by atoms with van der Waals surface area (Å²) in [7, 11) is 0. The van der Waals surface area contributed by atoms with Crippen LogP contribution >= 0.6 is 11.8 Å². The van der Waals surface area contributed by atoms with Gasteiger partial charge in [-0.2, -0.15) is 0 Å². The fourth-order valence-electron chi connectivity index (χ4n) is 4.35. The van der Waals surface area contributed by atoms with E-state index in [0.29, 0.717) is 17.8 Å². The molecule has 0 saturated heterocycles. The van der Waals surface area contributed by atoms with Gasteiger partial charge in [-0.3, -0.25) is 0 Å². The smallest absolute Gasteiger partial charge is 0.0808 e. The third kappa shape index (κ3) is 3.57. The third-order valence-corrected chi connectivity index (χ3v) is 7.32. The minimum atomic E-state index is 0.296. The van der Waals surface area contributed by atoms with E-state index in [-0.39, 0.29) is 0 Å². The predicted molar refractivity (Wildman–Crippen MR) is 129 cm³/mol. The first-order chi connectivity index (χ1) is 14.7. The molecule has 1 aliphatic heterocycles. The molecule has 0 N–H and O–H groups in total. The lowest BCUT2D eigenvalue weighted by molar-refractivity contribution is 0.638. The standard InChI is InChI=1S/C28H25NS/c1-19(21-11-5-3-6-12-21)23-17-24(20(2)22-13-7-4-8-14-22)28-27(18-23)30-26-16-10-9-15-25(26)29-28/h3-20,23H,1-2H3. The molecule has 3 unspecified atom stereocenters. The summed E-state index contributed by atoms with van der Waals surface area (Å²) in [6.45, 7) is 4.64. The van der Waals surface area contributed by atoms with Crippen LogP contribution in [-0.2, 0) is 0 Å². The molecule has 5 rings (SSSR count). The number of thioether (sulfide) groups is 1. The van der Waals surface area contributed by atoms with Gasteiger partial charge in [0.2, 0.25) is 0 Å². The molecule has 3 aromatic rings. The van der Waals surface area contributed by atoms with E-state index < -0.39 is 0 Å². The van der Waals surface area contributed by atoms with Gasteiger partial charge in [0.25, 0.3) is 0 Å². The van der Waals surface area contributed by atoms with E-state index in [2.05, 4.69) is 111 Å². The summed E-state index contributed by atoms with van der Waals surface area (Å²) in [5.74, 6) is 1.06. The quantitative estimate of drug-likeness (QED) is 0.428. The molecule has 0 saturated carbocycles. The Morgan fingerprint density at radius 1 is 0.733 bits per heavy atom. The molecule has 1 heterocycles. The Labute approximate surface area is 183 Å². The van der Waals surface area contributed by atoms with Gasteiger partial charge in [0, 0.05) is 21.6 Å². The van der Waals surface area contributed by atoms with Gasteiger partial charge in [0.15, 0.2) is 0 Å². The zero-order valence-electron chi connectivity index (χ0n) is 17.3. The summed E-state index contributed by atoms with van der Waals surface area (Å²) in [6, 6.07) is 30.1. The van der Waals surface area contributed by atoms with Gasteiger partial charge in [-0.15, -0.1) is 0 Å². The molecular weight excluding hydrogens is 382 g/mol. The predicted octanol–water partition coefficient (Wildman–Crippen LogP) is 7.91. The molecule has 1 aliphatic carbocycles. The van der Waals surface area contributed by atoms with Crippen molar-refractivity contribution < 1.29 is 0 Å². The van der Waals surface area contributed by atoms with Crippen molar-refractivity contribution in [3.8, 4) is 0 Å². The number of aliphatic imine (C=N–C) groups is 1. The zero-order valence-corrected chi connectivity index (χ0v) is 18.1. The second-order valence-electron chi connectivity index (χ2n) is 8.09. The van der Waals surface area contributed by atoms with Crippen molar-refractivity contribution in [2.24, 2.45) is 10.9 Å². The summed E-state index contributed by atoms with van der Waals surface area (Å²) in [5.41, 5.74) is 6.28. The number of benzene rings is 3. The molecule has 30 heavy (non-hydrogen) atoms. The van der Waals surface area contributed by atoms with Gasteiger partial charge in [0.05, 0.1) is 11.4 Å². The van der Waals surface area contributed by atoms with Crippen LogP contribution in [0.1, 0.15) is 36.8 Å².